The fourth-order valence-electron chi connectivity index (χ4n) is 2.62. The maximum Gasteiger partial charge on any atom is 0.390 e. The molecular weight excluding hydrogens is 333 g/mol. The molecule has 1 heterocycles. The number of alkyl halides is 3. The molecular formula is C17H25F3N4O. The van der Waals surface area contributed by atoms with Crippen molar-refractivity contribution in [3.63, 3.8) is 0 Å². The molecule has 1 aliphatic rings. The lowest BCUT2D eigenvalue weighted by atomic mass is 10.2. The molecule has 0 aromatic carbocycles. The Morgan fingerprint density at radius 1 is 1.32 bits per heavy atom. The van der Waals surface area contributed by atoms with Crippen LogP contribution in [-0.2, 0) is 6.54 Å². The highest BCUT2D eigenvalue weighted by atomic mass is 19.4. The minimum atomic E-state index is -4.18. The van der Waals surface area contributed by atoms with Crippen molar-refractivity contribution in [1.29, 1.82) is 0 Å². The van der Waals surface area contributed by atoms with Gasteiger partial charge in [0.15, 0.2) is 5.96 Å². The predicted octanol–water partition coefficient (Wildman–Crippen LogP) is 3.41. The fraction of sp³-hybridized carbons (Fsp3) is 0.647. The van der Waals surface area contributed by atoms with Gasteiger partial charge in [-0.2, -0.15) is 13.2 Å². The van der Waals surface area contributed by atoms with Gasteiger partial charge in [0.2, 0.25) is 5.88 Å². The Balaban J connectivity index is 1.89. The minimum absolute atomic E-state index is 0.207. The van der Waals surface area contributed by atoms with Crippen LogP contribution in [0.2, 0.25) is 0 Å². The summed E-state index contributed by atoms with van der Waals surface area (Å²) in [5.74, 6) is 0.941. The summed E-state index contributed by atoms with van der Waals surface area (Å²) in [7, 11) is 0. The zero-order valence-corrected chi connectivity index (χ0v) is 14.4. The molecule has 25 heavy (non-hydrogen) atoms. The van der Waals surface area contributed by atoms with E-state index >= 15 is 0 Å². The average molecular weight is 358 g/mol. The van der Waals surface area contributed by atoms with E-state index < -0.39 is 12.6 Å². The zero-order chi connectivity index (χ0) is 18.1. The summed E-state index contributed by atoms with van der Waals surface area (Å²) in [4.78, 5) is 8.54. The molecule has 2 rings (SSSR count). The van der Waals surface area contributed by atoms with Crippen molar-refractivity contribution < 1.29 is 17.9 Å². The van der Waals surface area contributed by atoms with Crippen LogP contribution in [0, 0.1) is 0 Å². The van der Waals surface area contributed by atoms with Crippen LogP contribution in [0.15, 0.2) is 23.3 Å². The van der Waals surface area contributed by atoms with Gasteiger partial charge in [0.25, 0.3) is 0 Å². The molecule has 140 valence electrons. The number of rotatable bonds is 7. The van der Waals surface area contributed by atoms with Gasteiger partial charge in [-0.25, -0.2) is 9.98 Å². The van der Waals surface area contributed by atoms with Crippen molar-refractivity contribution in [2.24, 2.45) is 4.99 Å². The van der Waals surface area contributed by atoms with E-state index in [1.165, 1.54) is 12.8 Å². The van der Waals surface area contributed by atoms with Crippen LogP contribution in [0.3, 0.4) is 0 Å². The number of aromatic nitrogens is 1. The topological polar surface area (TPSA) is 58.5 Å². The van der Waals surface area contributed by atoms with Gasteiger partial charge in [0.05, 0.1) is 13.0 Å². The summed E-state index contributed by atoms with van der Waals surface area (Å²) in [5.41, 5.74) is 0.899. The third kappa shape index (κ3) is 7.62. The van der Waals surface area contributed by atoms with Gasteiger partial charge in [0.1, 0.15) is 6.10 Å². The molecule has 0 bridgehead atoms. The van der Waals surface area contributed by atoms with Crippen molar-refractivity contribution in [3.05, 3.63) is 23.9 Å². The normalized spacial score (nSPS) is 16.1. The first-order valence-corrected chi connectivity index (χ1v) is 8.67. The first-order valence-electron chi connectivity index (χ1n) is 8.67. The standard InChI is InChI=1S/C17H25F3N4O/c1-2-21-16(23-10-8-17(18,19)20)24-12-13-7-9-22-15(11-13)25-14-5-3-4-6-14/h7,9,11,14H,2-6,8,10,12H2,1H3,(H2,21,23,24). The lowest BCUT2D eigenvalue weighted by molar-refractivity contribution is -0.132. The molecule has 1 saturated carbocycles. The van der Waals surface area contributed by atoms with Crippen LogP contribution in [0.5, 0.6) is 5.88 Å². The third-order valence-corrected chi connectivity index (χ3v) is 3.85. The minimum Gasteiger partial charge on any atom is -0.474 e. The number of pyridine rings is 1. The number of hydrogen-bond donors (Lipinski definition) is 2. The highest BCUT2D eigenvalue weighted by Gasteiger charge is 2.26. The molecule has 8 heteroatoms. The van der Waals surface area contributed by atoms with Crippen molar-refractivity contribution in [3.8, 4) is 5.88 Å². The van der Waals surface area contributed by atoms with E-state index in [9.17, 15) is 13.2 Å². The number of guanidine groups is 1. The van der Waals surface area contributed by atoms with E-state index in [4.69, 9.17) is 4.74 Å². The monoisotopic (exact) mass is 358 g/mol. The smallest absolute Gasteiger partial charge is 0.390 e. The number of ether oxygens (including phenoxy) is 1. The first-order chi connectivity index (χ1) is 12.0. The average Bonchev–Trinajstić information content (AvgIpc) is 3.05. The number of nitrogens with zero attached hydrogens (tertiary/aromatic N) is 2. The fourth-order valence-corrected chi connectivity index (χ4v) is 2.62. The van der Waals surface area contributed by atoms with Crippen LogP contribution in [0.4, 0.5) is 13.2 Å². The molecule has 1 aliphatic carbocycles. The summed E-state index contributed by atoms with van der Waals surface area (Å²) in [6, 6.07) is 3.66. The maximum atomic E-state index is 12.2. The van der Waals surface area contributed by atoms with Gasteiger partial charge in [-0.1, -0.05) is 0 Å². The molecule has 5 nitrogen and oxygen atoms in total. The Hall–Kier alpha value is -1.99. The molecule has 0 amide bonds. The van der Waals surface area contributed by atoms with Crippen LogP contribution < -0.4 is 15.4 Å². The van der Waals surface area contributed by atoms with Gasteiger partial charge >= 0.3 is 6.18 Å². The maximum absolute atomic E-state index is 12.2. The van der Waals surface area contributed by atoms with Crippen LogP contribution in [0.1, 0.15) is 44.6 Å². The lowest BCUT2D eigenvalue weighted by Gasteiger charge is -2.13. The predicted molar refractivity (Wildman–Crippen MR) is 90.6 cm³/mol. The van der Waals surface area contributed by atoms with Crippen molar-refractivity contribution in [2.45, 2.75) is 57.9 Å². The van der Waals surface area contributed by atoms with E-state index in [-0.39, 0.29) is 12.6 Å². The van der Waals surface area contributed by atoms with Crippen molar-refractivity contribution >= 4 is 5.96 Å². The molecule has 1 fully saturated rings. The molecule has 1 aromatic rings. The molecule has 2 N–H and O–H groups in total. The van der Waals surface area contributed by atoms with Crippen LogP contribution in [0.25, 0.3) is 0 Å². The van der Waals surface area contributed by atoms with E-state index in [1.54, 1.807) is 6.20 Å². The Morgan fingerprint density at radius 3 is 2.76 bits per heavy atom. The highest BCUT2D eigenvalue weighted by Crippen LogP contribution is 2.23. The van der Waals surface area contributed by atoms with Crippen LogP contribution >= 0.6 is 0 Å². The Labute approximate surface area is 146 Å². The number of halogens is 3. The summed E-state index contributed by atoms with van der Waals surface area (Å²) in [5, 5.41) is 5.63. The number of hydrogen-bond acceptors (Lipinski definition) is 3. The van der Waals surface area contributed by atoms with Gasteiger partial charge < -0.3 is 15.4 Å². The quantitative estimate of drug-likeness (QED) is 0.579. The number of aliphatic imine (C=N–C) groups is 1. The second-order valence-electron chi connectivity index (χ2n) is 6.01. The molecule has 1 aromatic heterocycles. The zero-order valence-electron chi connectivity index (χ0n) is 14.4. The molecule has 0 radical (unpaired) electrons. The summed E-state index contributed by atoms with van der Waals surface area (Å²) >= 11 is 0. The lowest BCUT2D eigenvalue weighted by Crippen LogP contribution is -2.38. The van der Waals surface area contributed by atoms with Gasteiger partial charge in [-0.05, 0) is 44.2 Å². The second-order valence-corrected chi connectivity index (χ2v) is 6.01. The SMILES string of the molecule is CCNC(=NCc1ccnc(OC2CCCC2)c1)NCCC(F)(F)F. The highest BCUT2D eigenvalue weighted by molar-refractivity contribution is 5.79. The first kappa shape index (κ1) is 19.3. The van der Waals surface area contributed by atoms with Crippen LogP contribution in [-0.4, -0.2) is 36.3 Å². The van der Waals surface area contributed by atoms with Gasteiger partial charge in [-0.3, -0.25) is 0 Å². The molecule has 0 aliphatic heterocycles. The van der Waals surface area contributed by atoms with E-state index in [2.05, 4.69) is 20.6 Å². The summed E-state index contributed by atoms with van der Waals surface area (Å²) < 4.78 is 42.6. The van der Waals surface area contributed by atoms with Crippen molar-refractivity contribution in [2.75, 3.05) is 13.1 Å². The van der Waals surface area contributed by atoms with E-state index in [0.29, 0.717) is 24.9 Å². The van der Waals surface area contributed by atoms with E-state index in [1.807, 2.05) is 19.1 Å². The molecule has 0 saturated heterocycles. The Morgan fingerprint density at radius 2 is 2.08 bits per heavy atom. The Bertz CT molecular complexity index is 557. The van der Waals surface area contributed by atoms with Gasteiger partial charge in [-0.15, -0.1) is 0 Å². The molecule has 0 spiro atoms. The second kappa shape index (κ2) is 9.48. The molecule has 0 unspecified atom stereocenters. The molecule has 0 atom stereocenters. The largest absolute Gasteiger partial charge is 0.474 e. The Kier molecular flexibility index (Phi) is 7.33. The van der Waals surface area contributed by atoms with E-state index in [0.717, 1.165) is 18.4 Å². The summed E-state index contributed by atoms with van der Waals surface area (Å²) in [6.45, 7) is 2.57. The third-order valence-electron chi connectivity index (χ3n) is 3.85. The van der Waals surface area contributed by atoms with Crippen molar-refractivity contribution in [1.82, 2.24) is 15.6 Å². The summed E-state index contributed by atoms with van der Waals surface area (Å²) in [6.07, 6.45) is 1.30. The van der Waals surface area contributed by atoms with Gasteiger partial charge in [0, 0.05) is 25.4 Å². The number of nitrogens with one attached hydrogen (secondary N) is 2.